The lowest BCUT2D eigenvalue weighted by Gasteiger charge is -2.21. The predicted molar refractivity (Wildman–Crippen MR) is 81.3 cm³/mol. The topological polar surface area (TPSA) is 89.2 Å². The zero-order valence-electron chi connectivity index (χ0n) is 13.7. The van der Waals surface area contributed by atoms with Crippen molar-refractivity contribution < 1.29 is 39.2 Å². The second kappa shape index (κ2) is 6.91. The van der Waals surface area contributed by atoms with Gasteiger partial charge in [-0.2, -0.15) is 40.7 Å². The van der Waals surface area contributed by atoms with Crippen molar-refractivity contribution >= 4 is 15.7 Å². The third kappa shape index (κ3) is 4.29. The first-order chi connectivity index (χ1) is 13.3. The lowest BCUT2D eigenvalue weighted by Crippen LogP contribution is -2.38. The molecule has 3 rings (SSSR count). The Bertz CT molecular complexity index is 1140. The maximum Gasteiger partial charge on any atom is 0.453 e. The van der Waals surface area contributed by atoms with Gasteiger partial charge in [-0.05, 0) is 29.8 Å². The van der Waals surface area contributed by atoms with E-state index in [1.165, 1.54) is 4.72 Å². The number of alkyl halides is 6. The molecule has 0 amide bonds. The lowest BCUT2D eigenvalue weighted by molar-refractivity contribution is -0.153. The zero-order valence-corrected chi connectivity index (χ0v) is 14.5. The Morgan fingerprint density at radius 1 is 0.931 bits per heavy atom. The molecule has 1 N–H and O–H groups in total. The molecule has 156 valence electrons. The number of hydrogen-bond donors (Lipinski definition) is 1. The van der Waals surface area contributed by atoms with E-state index in [9.17, 15) is 39.2 Å². The number of rotatable bonds is 4. The van der Waals surface area contributed by atoms with Gasteiger partial charge >= 0.3 is 12.4 Å². The second-order valence-electron chi connectivity index (χ2n) is 5.61. The number of fused-ring (bicyclic) bond motifs is 1. The lowest BCUT2D eigenvalue weighted by atomic mass is 10.1. The minimum Gasteiger partial charge on any atom is -0.207 e. The Hall–Kier alpha value is -2.81. The first-order valence-electron chi connectivity index (χ1n) is 7.43. The maximum absolute atomic E-state index is 13.4. The molecule has 0 aliphatic rings. The van der Waals surface area contributed by atoms with E-state index in [1.54, 1.807) is 0 Å². The third-order valence-corrected chi connectivity index (χ3v) is 4.89. The summed E-state index contributed by atoms with van der Waals surface area (Å²) < 4.78 is 118. The van der Waals surface area contributed by atoms with E-state index >= 15 is 0 Å². The van der Waals surface area contributed by atoms with Crippen LogP contribution < -0.4 is 4.72 Å². The van der Waals surface area contributed by atoms with Crippen LogP contribution in [0.5, 0.6) is 0 Å². The largest absolute Gasteiger partial charge is 0.453 e. The zero-order chi connectivity index (χ0) is 21.6. The van der Waals surface area contributed by atoms with Crippen molar-refractivity contribution in [3.63, 3.8) is 0 Å². The molecule has 0 aliphatic heterocycles. The van der Waals surface area contributed by atoms with Crippen LogP contribution in [0, 0.1) is 5.82 Å². The van der Waals surface area contributed by atoms with Gasteiger partial charge in [-0.15, -0.1) is 10.2 Å². The Balaban J connectivity index is 2.04. The molecule has 0 aliphatic carbocycles. The summed E-state index contributed by atoms with van der Waals surface area (Å²) in [6, 6.07) is 1.49. The van der Waals surface area contributed by atoms with Gasteiger partial charge in [0, 0.05) is 0 Å². The molecule has 7 nitrogen and oxygen atoms in total. The molecule has 1 unspecified atom stereocenters. The molecule has 2 heterocycles. The van der Waals surface area contributed by atoms with Gasteiger partial charge in [0.15, 0.2) is 10.7 Å². The highest BCUT2D eigenvalue weighted by atomic mass is 32.2. The molecular formula is C14H8F7N5O2S. The Morgan fingerprint density at radius 2 is 1.55 bits per heavy atom. The van der Waals surface area contributed by atoms with Gasteiger partial charge in [-0.25, -0.2) is 12.8 Å². The van der Waals surface area contributed by atoms with Gasteiger partial charge in [0.2, 0.25) is 0 Å². The number of nitrogens with one attached hydrogen (secondary N) is 1. The van der Waals surface area contributed by atoms with Crippen molar-refractivity contribution in [2.45, 2.75) is 23.4 Å². The van der Waals surface area contributed by atoms with Gasteiger partial charge in [0.1, 0.15) is 11.9 Å². The van der Waals surface area contributed by atoms with Crippen molar-refractivity contribution in [3.05, 3.63) is 53.6 Å². The summed E-state index contributed by atoms with van der Waals surface area (Å²) in [6.45, 7) is 0. The van der Waals surface area contributed by atoms with E-state index in [-0.39, 0.29) is 4.52 Å². The maximum atomic E-state index is 13.4. The van der Waals surface area contributed by atoms with Crippen LogP contribution in [0.2, 0.25) is 0 Å². The van der Waals surface area contributed by atoms with Crippen LogP contribution in [0.4, 0.5) is 30.7 Å². The second-order valence-corrected chi connectivity index (χ2v) is 7.27. The summed E-state index contributed by atoms with van der Waals surface area (Å²) in [5.41, 5.74) is -1.11. The summed E-state index contributed by atoms with van der Waals surface area (Å²) in [6.07, 6.45) is -10.2. The SMILES string of the molecule is O=S(=O)(NC(c1ccc(F)cc1)C(F)(F)F)c1ccc2nnc(C(F)(F)F)n2n1. The molecule has 0 spiro atoms. The number of sulfonamides is 1. The van der Waals surface area contributed by atoms with Gasteiger partial charge in [0.25, 0.3) is 15.8 Å². The smallest absolute Gasteiger partial charge is 0.207 e. The van der Waals surface area contributed by atoms with Crippen LogP contribution in [0.3, 0.4) is 0 Å². The van der Waals surface area contributed by atoms with Gasteiger partial charge in [-0.3, -0.25) is 0 Å². The van der Waals surface area contributed by atoms with E-state index in [0.29, 0.717) is 30.3 Å². The average Bonchev–Trinajstić information content (AvgIpc) is 3.03. The molecule has 0 saturated heterocycles. The normalized spacial score (nSPS) is 14.3. The fourth-order valence-electron chi connectivity index (χ4n) is 2.29. The first kappa shape index (κ1) is 20.9. The fraction of sp³-hybridized carbons (Fsp3) is 0.214. The average molecular weight is 443 g/mol. The number of aromatic nitrogens is 4. The molecule has 3 aromatic rings. The summed E-state index contributed by atoms with van der Waals surface area (Å²) in [5, 5.41) is 8.08. The van der Waals surface area contributed by atoms with Crippen LogP contribution >= 0.6 is 0 Å². The summed E-state index contributed by atoms with van der Waals surface area (Å²) in [5.74, 6) is -2.51. The van der Waals surface area contributed by atoms with Gasteiger partial charge < -0.3 is 0 Å². The predicted octanol–water partition coefficient (Wildman–Crippen LogP) is 2.86. The fourth-order valence-corrected chi connectivity index (χ4v) is 3.42. The Kier molecular flexibility index (Phi) is 4.98. The van der Waals surface area contributed by atoms with E-state index in [2.05, 4.69) is 15.3 Å². The third-order valence-electron chi connectivity index (χ3n) is 3.57. The van der Waals surface area contributed by atoms with Gasteiger partial charge in [-0.1, -0.05) is 12.1 Å². The molecule has 0 fully saturated rings. The highest BCUT2D eigenvalue weighted by Crippen LogP contribution is 2.34. The monoisotopic (exact) mass is 443 g/mol. The van der Waals surface area contributed by atoms with Gasteiger partial charge in [0.05, 0.1) is 0 Å². The first-order valence-corrected chi connectivity index (χ1v) is 8.91. The number of hydrogen-bond acceptors (Lipinski definition) is 5. The van der Waals surface area contributed by atoms with E-state index < -0.39 is 56.3 Å². The van der Waals surface area contributed by atoms with Crippen LogP contribution in [0.25, 0.3) is 5.65 Å². The van der Waals surface area contributed by atoms with E-state index in [0.717, 1.165) is 6.07 Å². The van der Waals surface area contributed by atoms with Crippen LogP contribution in [-0.2, 0) is 16.2 Å². The molecule has 0 saturated carbocycles. The van der Waals surface area contributed by atoms with Crippen molar-refractivity contribution in [1.29, 1.82) is 0 Å². The van der Waals surface area contributed by atoms with Crippen molar-refractivity contribution in [2.24, 2.45) is 0 Å². The highest BCUT2D eigenvalue weighted by molar-refractivity contribution is 7.89. The van der Waals surface area contributed by atoms with Crippen molar-refractivity contribution in [2.75, 3.05) is 0 Å². The minimum atomic E-state index is -5.14. The molecular weight excluding hydrogens is 435 g/mol. The standard InChI is InChI=1S/C14H8F7N5O2S/c15-8-3-1-7(2-4-8)11(13(16,17)18)25-29(27,28)10-6-5-9-22-23-12(14(19,20)21)26(9)24-10/h1-6,11,25H. The quantitative estimate of drug-likeness (QED) is 0.627. The molecule has 0 radical (unpaired) electrons. The van der Waals surface area contributed by atoms with Crippen LogP contribution in [0.1, 0.15) is 17.4 Å². The minimum absolute atomic E-state index is 0.0506. The molecule has 1 aromatic carbocycles. The summed E-state index contributed by atoms with van der Waals surface area (Å²) in [7, 11) is -5.05. The number of halogens is 7. The molecule has 0 bridgehead atoms. The number of benzene rings is 1. The van der Waals surface area contributed by atoms with E-state index in [1.807, 2.05) is 0 Å². The van der Waals surface area contributed by atoms with Crippen LogP contribution in [-0.4, -0.2) is 34.4 Å². The van der Waals surface area contributed by atoms with E-state index in [4.69, 9.17) is 0 Å². The molecule has 15 heteroatoms. The Labute approximate surface area is 157 Å². The molecule has 1 atom stereocenters. The Morgan fingerprint density at radius 3 is 2.10 bits per heavy atom. The van der Waals surface area contributed by atoms with Crippen LogP contribution in [0.15, 0.2) is 41.4 Å². The highest BCUT2D eigenvalue weighted by Gasteiger charge is 2.44. The molecule has 29 heavy (non-hydrogen) atoms. The molecule has 2 aromatic heterocycles. The summed E-state index contributed by atoms with van der Waals surface area (Å²) >= 11 is 0. The number of nitrogens with zero attached hydrogens (tertiary/aromatic N) is 4. The summed E-state index contributed by atoms with van der Waals surface area (Å²) in [4.78, 5) is 0. The van der Waals surface area contributed by atoms with Crippen molar-refractivity contribution in [3.8, 4) is 0 Å². The van der Waals surface area contributed by atoms with Crippen molar-refractivity contribution in [1.82, 2.24) is 24.5 Å².